The zero-order chi connectivity index (χ0) is 23.3. The maximum absolute atomic E-state index is 13.2. The second kappa shape index (κ2) is 8.38. The largest absolute Gasteiger partial charge is 0.417 e. The molecule has 5 nitrogen and oxygen atoms in total. The highest BCUT2D eigenvalue weighted by molar-refractivity contribution is 7.18. The number of para-hydroxylation sites is 1. The minimum absolute atomic E-state index is 0.0470. The molecule has 0 spiro atoms. The van der Waals surface area contributed by atoms with E-state index in [1.807, 2.05) is 29.2 Å². The van der Waals surface area contributed by atoms with Crippen molar-refractivity contribution in [3.63, 3.8) is 0 Å². The SMILES string of the molecule is O=C1C[C@@H](N2CCC(c3nc4ccccc4s3)CC2)C(=O)N1c1ccc(Cl)c(C(F)(F)F)c1. The Morgan fingerprint density at radius 2 is 1.79 bits per heavy atom. The van der Waals surface area contributed by atoms with Crippen LogP contribution in [-0.2, 0) is 15.8 Å². The maximum Gasteiger partial charge on any atom is 0.417 e. The molecule has 0 N–H and O–H groups in total. The molecule has 33 heavy (non-hydrogen) atoms. The van der Waals surface area contributed by atoms with Crippen LogP contribution in [0.1, 0.15) is 35.8 Å². The number of piperidine rings is 1. The quantitative estimate of drug-likeness (QED) is 0.453. The van der Waals surface area contributed by atoms with Crippen LogP contribution >= 0.6 is 22.9 Å². The minimum Gasteiger partial charge on any atom is -0.291 e. The Bertz CT molecular complexity index is 1200. The van der Waals surface area contributed by atoms with Gasteiger partial charge in [0.1, 0.15) is 0 Å². The van der Waals surface area contributed by atoms with E-state index in [1.165, 1.54) is 6.07 Å². The molecule has 172 valence electrons. The topological polar surface area (TPSA) is 53.5 Å². The molecule has 2 aliphatic rings. The standard InChI is InChI=1S/C23H19ClF3N3O2S/c24-16-6-5-14(11-15(16)23(25,26)27)30-20(31)12-18(22(30)32)29-9-7-13(8-10-29)21-28-17-3-1-2-4-19(17)33-21/h1-6,11,13,18H,7-10,12H2/t18-/m1/s1. The number of amides is 2. The summed E-state index contributed by atoms with van der Waals surface area (Å²) in [6.07, 6.45) is -3.12. The predicted octanol–water partition coefficient (Wildman–Crippen LogP) is 5.48. The maximum atomic E-state index is 13.2. The van der Waals surface area contributed by atoms with E-state index in [-0.39, 0.29) is 18.0 Å². The number of rotatable bonds is 3. The van der Waals surface area contributed by atoms with Crippen molar-refractivity contribution in [3.05, 3.63) is 58.1 Å². The molecule has 1 atom stereocenters. The summed E-state index contributed by atoms with van der Waals surface area (Å²) in [6.45, 7) is 1.24. The van der Waals surface area contributed by atoms with Crippen LogP contribution in [-0.4, -0.2) is 40.8 Å². The Morgan fingerprint density at radius 1 is 1.06 bits per heavy atom. The van der Waals surface area contributed by atoms with E-state index in [9.17, 15) is 22.8 Å². The Labute approximate surface area is 196 Å². The van der Waals surface area contributed by atoms with Gasteiger partial charge in [0, 0.05) is 5.92 Å². The lowest BCUT2D eigenvalue weighted by Crippen LogP contribution is -2.45. The third-order valence-corrected chi connectivity index (χ3v) is 7.79. The summed E-state index contributed by atoms with van der Waals surface area (Å²) >= 11 is 7.36. The number of alkyl halides is 3. The van der Waals surface area contributed by atoms with E-state index in [1.54, 1.807) is 11.3 Å². The molecule has 0 aliphatic carbocycles. The number of halogens is 4. The number of anilines is 1. The number of aromatic nitrogens is 1. The molecule has 10 heteroatoms. The van der Waals surface area contributed by atoms with Crippen molar-refractivity contribution < 1.29 is 22.8 Å². The van der Waals surface area contributed by atoms with Crippen LogP contribution < -0.4 is 4.90 Å². The molecule has 2 aromatic carbocycles. The van der Waals surface area contributed by atoms with Crippen molar-refractivity contribution in [1.29, 1.82) is 0 Å². The zero-order valence-electron chi connectivity index (χ0n) is 17.3. The van der Waals surface area contributed by atoms with Gasteiger partial charge < -0.3 is 0 Å². The molecule has 0 unspecified atom stereocenters. The average Bonchev–Trinajstić information content (AvgIpc) is 3.34. The number of imide groups is 1. The summed E-state index contributed by atoms with van der Waals surface area (Å²) in [5.41, 5.74) is -0.190. The highest BCUT2D eigenvalue weighted by atomic mass is 35.5. The zero-order valence-corrected chi connectivity index (χ0v) is 18.9. The van der Waals surface area contributed by atoms with Crippen LogP contribution in [0, 0.1) is 0 Å². The van der Waals surface area contributed by atoms with E-state index >= 15 is 0 Å². The number of benzene rings is 2. The van der Waals surface area contributed by atoms with Crippen LogP contribution in [0.4, 0.5) is 18.9 Å². The average molecular weight is 494 g/mol. The molecule has 2 fully saturated rings. The van der Waals surface area contributed by atoms with Gasteiger partial charge in [0.2, 0.25) is 5.91 Å². The van der Waals surface area contributed by atoms with Crippen molar-refractivity contribution in [1.82, 2.24) is 9.88 Å². The smallest absolute Gasteiger partial charge is 0.291 e. The van der Waals surface area contributed by atoms with Crippen molar-refractivity contribution in [3.8, 4) is 0 Å². The van der Waals surface area contributed by atoms with Crippen LogP contribution in [0.2, 0.25) is 5.02 Å². The number of nitrogens with zero attached hydrogens (tertiary/aromatic N) is 3. The Hall–Kier alpha value is -2.49. The summed E-state index contributed by atoms with van der Waals surface area (Å²) in [7, 11) is 0. The molecule has 3 aromatic rings. The lowest BCUT2D eigenvalue weighted by atomic mass is 9.96. The highest BCUT2D eigenvalue weighted by Gasteiger charge is 2.44. The molecule has 2 saturated heterocycles. The second-order valence-corrected chi connectivity index (χ2v) is 9.75. The number of hydrogen-bond acceptors (Lipinski definition) is 5. The van der Waals surface area contributed by atoms with Gasteiger partial charge >= 0.3 is 6.18 Å². The Balaban J connectivity index is 1.30. The predicted molar refractivity (Wildman–Crippen MR) is 121 cm³/mol. The molecule has 2 amide bonds. The van der Waals surface area contributed by atoms with E-state index in [4.69, 9.17) is 16.6 Å². The van der Waals surface area contributed by atoms with Gasteiger partial charge in [-0.15, -0.1) is 11.3 Å². The Morgan fingerprint density at radius 3 is 2.48 bits per heavy atom. The van der Waals surface area contributed by atoms with Gasteiger partial charge in [0.05, 0.1) is 44.0 Å². The fourth-order valence-electron chi connectivity index (χ4n) is 4.56. The normalized spacial score (nSPS) is 20.8. The molecule has 1 aromatic heterocycles. The first-order chi connectivity index (χ1) is 15.7. The summed E-state index contributed by atoms with van der Waals surface area (Å²) in [5.74, 6) is -0.713. The van der Waals surface area contributed by atoms with Crippen LogP contribution in [0.5, 0.6) is 0 Å². The van der Waals surface area contributed by atoms with Crippen molar-refractivity contribution in [2.24, 2.45) is 0 Å². The molecule has 0 saturated carbocycles. The number of fused-ring (bicyclic) bond motifs is 1. The summed E-state index contributed by atoms with van der Waals surface area (Å²) < 4.78 is 40.9. The fourth-order valence-corrected chi connectivity index (χ4v) is 5.93. The van der Waals surface area contributed by atoms with Crippen molar-refractivity contribution >= 4 is 50.7 Å². The third kappa shape index (κ3) is 4.13. The molecule has 3 heterocycles. The number of thiazole rings is 1. The van der Waals surface area contributed by atoms with Gasteiger partial charge in [-0.1, -0.05) is 23.7 Å². The van der Waals surface area contributed by atoms with Gasteiger partial charge in [-0.2, -0.15) is 13.2 Å². The highest BCUT2D eigenvalue weighted by Crippen LogP contribution is 2.39. The lowest BCUT2D eigenvalue weighted by Gasteiger charge is -2.34. The molecule has 5 rings (SSSR count). The van der Waals surface area contributed by atoms with Gasteiger partial charge in [0.15, 0.2) is 0 Å². The number of carbonyl (C=O) groups is 2. The van der Waals surface area contributed by atoms with Crippen LogP contribution in [0.25, 0.3) is 10.2 Å². The fraction of sp³-hybridized carbons (Fsp3) is 0.348. The van der Waals surface area contributed by atoms with Crippen LogP contribution in [0.3, 0.4) is 0 Å². The molecular weight excluding hydrogens is 475 g/mol. The Kier molecular flexibility index (Phi) is 5.66. The second-order valence-electron chi connectivity index (χ2n) is 8.28. The molecule has 0 bridgehead atoms. The summed E-state index contributed by atoms with van der Waals surface area (Å²) in [5, 5.41) is 0.603. The van der Waals surface area contributed by atoms with Crippen molar-refractivity contribution in [2.75, 3.05) is 18.0 Å². The number of likely N-dealkylation sites (tertiary alicyclic amines) is 1. The van der Waals surface area contributed by atoms with Crippen molar-refractivity contribution in [2.45, 2.75) is 37.4 Å². The van der Waals surface area contributed by atoms with E-state index < -0.39 is 34.6 Å². The van der Waals surface area contributed by atoms with Crippen LogP contribution in [0.15, 0.2) is 42.5 Å². The van der Waals surface area contributed by atoms with Gasteiger partial charge in [-0.3, -0.25) is 14.5 Å². The minimum atomic E-state index is -4.68. The van der Waals surface area contributed by atoms with E-state index in [0.717, 1.165) is 45.1 Å². The first-order valence-electron chi connectivity index (χ1n) is 10.6. The number of hydrogen-bond donors (Lipinski definition) is 0. The number of carbonyl (C=O) groups excluding carboxylic acids is 2. The first kappa shape index (κ1) is 22.3. The summed E-state index contributed by atoms with van der Waals surface area (Å²) in [4.78, 5) is 33.3. The summed E-state index contributed by atoms with van der Waals surface area (Å²) in [6, 6.07) is 10.4. The van der Waals surface area contributed by atoms with Gasteiger partial charge in [-0.05, 0) is 56.3 Å². The monoisotopic (exact) mass is 493 g/mol. The molecular formula is C23H19ClF3N3O2S. The third-order valence-electron chi connectivity index (χ3n) is 6.27. The molecule has 0 radical (unpaired) electrons. The molecule has 2 aliphatic heterocycles. The first-order valence-corrected chi connectivity index (χ1v) is 11.7. The lowest BCUT2D eigenvalue weighted by molar-refractivity contribution is -0.137. The van der Waals surface area contributed by atoms with Gasteiger partial charge in [0.25, 0.3) is 5.91 Å². The van der Waals surface area contributed by atoms with E-state index in [2.05, 4.69) is 0 Å². The van der Waals surface area contributed by atoms with Gasteiger partial charge in [-0.25, -0.2) is 9.88 Å². The van der Waals surface area contributed by atoms with E-state index in [0.29, 0.717) is 13.1 Å².